The lowest BCUT2D eigenvalue weighted by molar-refractivity contribution is -0.384. The molecule has 0 saturated carbocycles. The molecule has 0 aliphatic rings. The summed E-state index contributed by atoms with van der Waals surface area (Å²) in [5.74, 6) is 4.62. The third-order valence-electron chi connectivity index (χ3n) is 1.44. The van der Waals surface area contributed by atoms with Crippen LogP contribution in [-0.2, 0) is 16.5 Å². The van der Waals surface area contributed by atoms with Crippen LogP contribution in [0.4, 0.5) is 5.69 Å². The molecular formula is C7H8N2O4. The average molecular weight is 184 g/mol. The summed E-state index contributed by atoms with van der Waals surface area (Å²) in [6.45, 7) is 0.161. The summed E-state index contributed by atoms with van der Waals surface area (Å²) < 4.78 is 0. The van der Waals surface area contributed by atoms with Crippen LogP contribution in [0.2, 0.25) is 0 Å². The van der Waals surface area contributed by atoms with Gasteiger partial charge in [0.1, 0.15) is 6.61 Å². The van der Waals surface area contributed by atoms with Gasteiger partial charge in [-0.25, -0.2) is 4.89 Å². The summed E-state index contributed by atoms with van der Waals surface area (Å²) in [6, 6.07) is 5.90. The molecule has 6 nitrogen and oxygen atoms in total. The maximum atomic E-state index is 10.3. The van der Waals surface area contributed by atoms with Gasteiger partial charge in [-0.2, -0.15) is 5.90 Å². The molecule has 0 saturated heterocycles. The number of benzene rings is 1. The highest BCUT2D eigenvalue weighted by Gasteiger charge is 2.03. The molecule has 1 rings (SSSR count). The molecule has 70 valence electrons. The van der Waals surface area contributed by atoms with Crippen molar-refractivity contribution < 1.29 is 14.8 Å². The minimum absolute atomic E-state index is 0.0393. The van der Waals surface area contributed by atoms with Crippen LogP contribution < -0.4 is 5.90 Å². The first-order chi connectivity index (χ1) is 6.24. The molecule has 2 N–H and O–H groups in total. The predicted octanol–water partition coefficient (Wildman–Crippen LogP) is 0.917. The molecule has 0 heterocycles. The second-order valence-corrected chi connectivity index (χ2v) is 2.28. The Hall–Kier alpha value is -1.50. The summed E-state index contributed by atoms with van der Waals surface area (Å²) in [6.07, 6.45) is 0. The van der Waals surface area contributed by atoms with Crippen molar-refractivity contribution in [2.75, 3.05) is 0 Å². The summed E-state index contributed by atoms with van der Waals surface area (Å²) in [5.41, 5.74) is 0.786. The zero-order valence-corrected chi connectivity index (χ0v) is 6.67. The second-order valence-electron chi connectivity index (χ2n) is 2.28. The Morgan fingerprint density at radius 2 is 2.00 bits per heavy atom. The number of non-ortho nitro benzene ring substituents is 1. The van der Waals surface area contributed by atoms with Gasteiger partial charge in [-0.15, -0.1) is 4.99 Å². The van der Waals surface area contributed by atoms with Crippen molar-refractivity contribution in [3.63, 3.8) is 0 Å². The highest BCUT2D eigenvalue weighted by Crippen LogP contribution is 2.12. The van der Waals surface area contributed by atoms with Crippen LogP contribution in [0.5, 0.6) is 0 Å². The van der Waals surface area contributed by atoms with Gasteiger partial charge in [0, 0.05) is 12.1 Å². The highest BCUT2D eigenvalue weighted by atomic mass is 17.3. The number of nitro benzene ring substituents is 1. The zero-order valence-electron chi connectivity index (χ0n) is 6.67. The summed E-state index contributed by atoms with van der Waals surface area (Å²) in [4.78, 5) is 18.1. The SMILES string of the molecule is NOOCc1ccc([N+](=O)[O-])cc1. The fraction of sp³-hybridized carbons (Fsp3) is 0.143. The van der Waals surface area contributed by atoms with Gasteiger partial charge in [0.2, 0.25) is 0 Å². The van der Waals surface area contributed by atoms with Gasteiger partial charge >= 0.3 is 0 Å². The first-order valence-corrected chi connectivity index (χ1v) is 3.45. The van der Waals surface area contributed by atoms with E-state index in [1.807, 2.05) is 0 Å². The molecule has 1 aromatic rings. The monoisotopic (exact) mass is 184 g/mol. The van der Waals surface area contributed by atoms with E-state index in [9.17, 15) is 10.1 Å². The molecule has 0 radical (unpaired) electrons. The molecule has 0 fully saturated rings. The van der Waals surface area contributed by atoms with E-state index in [-0.39, 0.29) is 12.3 Å². The van der Waals surface area contributed by atoms with Crippen molar-refractivity contribution in [1.29, 1.82) is 0 Å². The number of nitro groups is 1. The number of nitrogens with zero attached hydrogens (tertiary/aromatic N) is 1. The third kappa shape index (κ3) is 2.79. The van der Waals surface area contributed by atoms with Crippen molar-refractivity contribution in [3.05, 3.63) is 39.9 Å². The van der Waals surface area contributed by atoms with Crippen molar-refractivity contribution in [2.45, 2.75) is 6.61 Å². The lowest BCUT2D eigenvalue weighted by Gasteiger charge is -1.98. The van der Waals surface area contributed by atoms with Crippen molar-refractivity contribution >= 4 is 5.69 Å². The van der Waals surface area contributed by atoms with Gasteiger partial charge in [-0.3, -0.25) is 10.1 Å². The van der Waals surface area contributed by atoms with Gasteiger partial charge in [-0.1, -0.05) is 0 Å². The lowest BCUT2D eigenvalue weighted by Crippen LogP contribution is -2.00. The van der Waals surface area contributed by atoms with E-state index in [0.717, 1.165) is 5.56 Å². The molecule has 0 spiro atoms. The molecular weight excluding hydrogens is 176 g/mol. The van der Waals surface area contributed by atoms with E-state index >= 15 is 0 Å². The van der Waals surface area contributed by atoms with Crippen LogP contribution in [0.25, 0.3) is 0 Å². The Balaban J connectivity index is 2.64. The zero-order chi connectivity index (χ0) is 9.68. The van der Waals surface area contributed by atoms with Crippen LogP contribution in [0, 0.1) is 10.1 Å². The molecule has 13 heavy (non-hydrogen) atoms. The van der Waals surface area contributed by atoms with E-state index in [0.29, 0.717) is 0 Å². The predicted molar refractivity (Wildman–Crippen MR) is 43.2 cm³/mol. The number of nitrogens with two attached hydrogens (primary N) is 1. The first kappa shape index (κ1) is 9.59. The van der Waals surface area contributed by atoms with Crippen LogP contribution in [0.15, 0.2) is 24.3 Å². The molecule has 1 aromatic carbocycles. The average Bonchev–Trinajstić information content (AvgIpc) is 2.15. The molecule has 0 aromatic heterocycles. The van der Waals surface area contributed by atoms with Crippen LogP contribution in [0.3, 0.4) is 0 Å². The Labute approximate surface area is 73.9 Å². The van der Waals surface area contributed by atoms with Crippen molar-refractivity contribution in [3.8, 4) is 0 Å². The van der Waals surface area contributed by atoms with E-state index in [2.05, 4.69) is 15.8 Å². The standard InChI is InChI=1S/C7H8N2O4/c8-13-12-5-6-1-3-7(4-2-6)9(10)11/h1-4H,5,8H2. The van der Waals surface area contributed by atoms with E-state index in [4.69, 9.17) is 0 Å². The van der Waals surface area contributed by atoms with Crippen LogP contribution in [-0.4, -0.2) is 4.92 Å². The fourth-order valence-corrected chi connectivity index (χ4v) is 0.816. The molecule has 0 bridgehead atoms. The van der Waals surface area contributed by atoms with Crippen LogP contribution in [0.1, 0.15) is 5.56 Å². The Morgan fingerprint density at radius 1 is 1.38 bits per heavy atom. The number of hydrogen-bond acceptors (Lipinski definition) is 5. The summed E-state index contributed by atoms with van der Waals surface area (Å²) >= 11 is 0. The van der Waals surface area contributed by atoms with Crippen molar-refractivity contribution in [2.24, 2.45) is 5.90 Å². The largest absolute Gasteiger partial charge is 0.269 e. The molecule has 0 aliphatic carbocycles. The van der Waals surface area contributed by atoms with Crippen LogP contribution >= 0.6 is 0 Å². The van der Waals surface area contributed by atoms with E-state index in [1.165, 1.54) is 12.1 Å². The number of rotatable bonds is 4. The van der Waals surface area contributed by atoms with Gasteiger partial charge < -0.3 is 0 Å². The highest BCUT2D eigenvalue weighted by molar-refractivity contribution is 5.32. The normalized spacial score (nSPS) is 9.92. The second kappa shape index (κ2) is 4.51. The molecule has 0 amide bonds. The molecule has 0 unspecified atom stereocenters. The summed E-state index contributed by atoms with van der Waals surface area (Å²) in [7, 11) is 0. The molecule has 0 atom stereocenters. The van der Waals surface area contributed by atoms with Gasteiger partial charge in [0.15, 0.2) is 0 Å². The van der Waals surface area contributed by atoms with Gasteiger partial charge in [0.25, 0.3) is 5.69 Å². The topological polar surface area (TPSA) is 87.6 Å². The van der Waals surface area contributed by atoms with E-state index in [1.54, 1.807) is 12.1 Å². The Kier molecular flexibility index (Phi) is 3.32. The minimum Gasteiger partial charge on any atom is -0.258 e. The smallest absolute Gasteiger partial charge is 0.258 e. The Bertz CT molecular complexity index is 285. The van der Waals surface area contributed by atoms with Gasteiger partial charge in [-0.05, 0) is 17.7 Å². The Morgan fingerprint density at radius 3 is 2.46 bits per heavy atom. The maximum absolute atomic E-state index is 10.3. The fourth-order valence-electron chi connectivity index (χ4n) is 0.816. The lowest BCUT2D eigenvalue weighted by atomic mass is 10.2. The quantitative estimate of drug-likeness (QED) is 0.427. The first-order valence-electron chi connectivity index (χ1n) is 3.45. The third-order valence-corrected chi connectivity index (χ3v) is 1.44. The number of hydrogen-bond donors (Lipinski definition) is 1. The van der Waals surface area contributed by atoms with Gasteiger partial charge in [0.05, 0.1) is 4.92 Å². The minimum atomic E-state index is -0.468. The molecule has 6 heteroatoms. The maximum Gasteiger partial charge on any atom is 0.269 e. The summed E-state index contributed by atoms with van der Waals surface area (Å²) in [5, 5.41) is 10.3. The van der Waals surface area contributed by atoms with E-state index < -0.39 is 4.92 Å². The van der Waals surface area contributed by atoms with Crippen molar-refractivity contribution in [1.82, 2.24) is 0 Å². The molecule has 0 aliphatic heterocycles.